The first-order valence-corrected chi connectivity index (χ1v) is 9.23. The van der Waals surface area contributed by atoms with Crippen LogP contribution < -0.4 is 0 Å². The van der Waals surface area contributed by atoms with Gasteiger partial charge in [-0.15, -0.1) is 0 Å². The predicted octanol–water partition coefficient (Wildman–Crippen LogP) is 5.42. The van der Waals surface area contributed by atoms with Crippen molar-refractivity contribution in [1.82, 2.24) is 4.90 Å². The molecule has 1 atom stereocenters. The summed E-state index contributed by atoms with van der Waals surface area (Å²) in [7, 11) is 2.05. The molecule has 0 aliphatic carbocycles. The first-order valence-electron chi connectivity index (χ1n) is 8.35. The van der Waals surface area contributed by atoms with Crippen LogP contribution in [0.15, 0.2) is 84.4 Å². The molecule has 1 aliphatic heterocycles. The van der Waals surface area contributed by atoms with Gasteiger partial charge in [0.15, 0.2) is 5.78 Å². The Morgan fingerprint density at radius 3 is 2.44 bits per heavy atom. The highest BCUT2D eigenvalue weighted by molar-refractivity contribution is 8.03. The Bertz CT molecular complexity index is 945. The molecule has 0 aromatic heterocycles. The topological polar surface area (TPSA) is 20.3 Å². The van der Waals surface area contributed by atoms with E-state index in [0.29, 0.717) is 6.42 Å². The van der Waals surface area contributed by atoms with Gasteiger partial charge in [-0.1, -0.05) is 84.6 Å². The van der Waals surface area contributed by atoms with Crippen LogP contribution in [0.3, 0.4) is 0 Å². The number of thioether (sulfide) groups is 1. The van der Waals surface area contributed by atoms with Gasteiger partial charge in [0.2, 0.25) is 0 Å². The van der Waals surface area contributed by atoms with Crippen molar-refractivity contribution in [2.75, 3.05) is 7.05 Å². The Balaban J connectivity index is 1.82. The number of fused-ring (bicyclic) bond motifs is 1. The van der Waals surface area contributed by atoms with Gasteiger partial charge in [-0.25, -0.2) is 0 Å². The second-order valence-electron chi connectivity index (χ2n) is 6.29. The van der Waals surface area contributed by atoms with Crippen LogP contribution >= 0.6 is 11.8 Å². The summed E-state index contributed by atoms with van der Waals surface area (Å²) in [6, 6.07) is 24.3. The molecule has 0 radical (unpaired) electrons. The van der Waals surface area contributed by atoms with E-state index < -0.39 is 4.87 Å². The Labute approximate surface area is 152 Å². The predicted molar refractivity (Wildman–Crippen MR) is 106 cm³/mol. The number of carbonyl (C=O) groups excluding carboxylic acids is 1. The summed E-state index contributed by atoms with van der Waals surface area (Å²) in [5.74, 6) is 0.164. The van der Waals surface area contributed by atoms with Gasteiger partial charge in [0.05, 0.1) is 0 Å². The quantitative estimate of drug-likeness (QED) is 0.589. The fourth-order valence-electron chi connectivity index (χ4n) is 3.46. The van der Waals surface area contributed by atoms with Gasteiger partial charge >= 0.3 is 0 Å². The molecule has 0 spiro atoms. The fourth-order valence-corrected chi connectivity index (χ4v) is 4.68. The van der Waals surface area contributed by atoms with E-state index in [2.05, 4.69) is 66.0 Å². The van der Waals surface area contributed by atoms with Crippen LogP contribution in [0, 0.1) is 0 Å². The Morgan fingerprint density at radius 1 is 0.960 bits per heavy atom. The first kappa shape index (κ1) is 16.0. The highest BCUT2D eigenvalue weighted by Crippen LogP contribution is 2.49. The number of ketones is 1. The minimum Gasteiger partial charge on any atom is -0.361 e. The molecule has 3 aromatic rings. The Morgan fingerprint density at radius 2 is 1.68 bits per heavy atom. The van der Waals surface area contributed by atoms with Crippen molar-refractivity contribution in [1.29, 1.82) is 0 Å². The molecule has 3 heteroatoms. The lowest BCUT2D eigenvalue weighted by molar-refractivity contribution is 0.0938. The monoisotopic (exact) mass is 345 g/mol. The van der Waals surface area contributed by atoms with E-state index in [1.54, 1.807) is 11.8 Å². The number of hydrogen-bond acceptors (Lipinski definition) is 3. The van der Waals surface area contributed by atoms with Gasteiger partial charge in [-0.3, -0.25) is 4.79 Å². The molecule has 0 saturated heterocycles. The van der Waals surface area contributed by atoms with Gasteiger partial charge < -0.3 is 4.90 Å². The molecule has 25 heavy (non-hydrogen) atoms. The average molecular weight is 345 g/mol. The van der Waals surface area contributed by atoms with E-state index in [0.717, 1.165) is 5.56 Å². The standard InChI is InChI=1S/C22H19NOS/c1-23-14-15-25-22(23,16-21(24)18-9-3-2-4-10-18)20-13-7-11-17-8-5-6-12-19(17)20/h2-15H,16H2,1H3. The van der Waals surface area contributed by atoms with Crippen molar-refractivity contribution < 1.29 is 4.79 Å². The summed E-state index contributed by atoms with van der Waals surface area (Å²) in [4.78, 5) is 14.8. The molecule has 2 nitrogen and oxygen atoms in total. The molecule has 0 amide bonds. The third-order valence-corrected chi connectivity index (χ3v) is 6.12. The van der Waals surface area contributed by atoms with Crippen LogP contribution in [0.2, 0.25) is 0 Å². The average Bonchev–Trinajstić information content (AvgIpc) is 3.03. The lowest BCUT2D eigenvalue weighted by Gasteiger charge is -2.37. The van der Waals surface area contributed by atoms with Crippen molar-refractivity contribution >= 4 is 28.3 Å². The zero-order valence-electron chi connectivity index (χ0n) is 14.1. The lowest BCUT2D eigenvalue weighted by atomic mass is 9.92. The van der Waals surface area contributed by atoms with E-state index in [1.165, 1.54) is 16.3 Å². The van der Waals surface area contributed by atoms with Crippen molar-refractivity contribution in [2.45, 2.75) is 11.3 Å². The number of benzene rings is 3. The van der Waals surface area contributed by atoms with Crippen molar-refractivity contribution in [3.63, 3.8) is 0 Å². The molecular weight excluding hydrogens is 326 g/mol. The zero-order chi connectivity index (χ0) is 17.3. The third-order valence-electron chi connectivity index (χ3n) is 4.82. The first-order chi connectivity index (χ1) is 12.2. The SMILES string of the molecule is CN1C=CSC1(CC(=O)c1ccccc1)c1cccc2ccccc12. The normalized spacial score (nSPS) is 19.5. The maximum absolute atomic E-state index is 13.0. The number of hydrogen-bond donors (Lipinski definition) is 0. The fraction of sp³-hybridized carbons (Fsp3) is 0.136. The summed E-state index contributed by atoms with van der Waals surface area (Å²) in [5.41, 5.74) is 1.95. The molecule has 1 heterocycles. The van der Waals surface area contributed by atoms with E-state index in [-0.39, 0.29) is 5.78 Å². The minimum absolute atomic E-state index is 0.164. The molecule has 0 saturated carbocycles. The molecule has 1 aliphatic rings. The van der Waals surface area contributed by atoms with Crippen molar-refractivity contribution in [3.05, 3.63) is 95.5 Å². The van der Waals surface area contributed by atoms with Crippen molar-refractivity contribution in [2.24, 2.45) is 0 Å². The molecule has 0 bridgehead atoms. The van der Waals surface area contributed by atoms with Gasteiger partial charge in [-0.2, -0.15) is 0 Å². The smallest absolute Gasteiger partial charge is 0.166 e. The summed E-state index contributed by atoms with van der Waals surface area (Å²) in [6.07, 6.45) is 2.49. The van der Waals surface area contributed by atoms with E-state index >= 15 is 0 Å². The van der Waals surface area contributed by atoms with Crippen LogP contribution in [-0.2, 0) is 4.87 Å². The number of Topliss-reactive ketones (excluding diaryl/α,β-unsaturated/α-hetero) is 1. The van der Waals surface area contributed by atoms with E-state index in [9.17, 15) is 4.79 Å². The highest BCUT2D eigenvalue weighted by atomic mass is 32.2. The van der Waals surface area contributed by atoms with Crippen molar-refractivity contribution in [3.8, 4) is 0 Å². The van der Waals surface area contributed by atoms with Gasteiger partial charge in [0.25, 0.3) is 0 Å². The maximum Gasteiger partial charge on any atom is 0.166 e. The third kappa shape index (κ3) is 2.75. The minimum atomic E-state index is -0.409. The molecule has 0 fully saturated rings. The van der Waals surface area contributed by atoms with Gasteiger partial charge in [0.1, 0.15) is 4.87 Å². The molecule has 4 rings (SSSR count). The van der Waals surface area contributed by atoms with Crippen LogP contribution in [0.4, 0.5) is 0 Å². The number of carbonyl (C=O) groups is 1. The summed E-state index contributed by atoms with van der Waals surface area (Å²) in [6.45, 7) is 0. The molecule has 124 valence electrons. The molecule has 1 unspecified atom stereocenters. The largest absolute Gasteiger partial charge is 0.361 e. The molecular formula is C22H19NOS. The van der Waals surface area contributed by atoms with Crippen LogP contribution in [0.25, 0.3) is 10.8 Å². The van der Waals surface area contributed by atoms with E-state index in [4.69, 9.17) is 0 Å². The maximum atomic E-state index is 13.0. The highest BCUT2D eigenvalue weighted by Gasteiger charge is 2.41. The van der Waals surface area contributed by atoms with Crippen LogP contribution in [0.5, 0.6) is 0 Å². The lowest BCUT2D eigenvalue weighted by Crippen LogP contribution is -2.37. The summed E-state index contributed by atoms with van der Waals surface area (Å²) < 4.78 is 0. The van der Waals surface area contributed by atoms with Crippen LogP contribution in [-0.4, -0.2) is 17.7 Å². The van der Waals surface area contributed by atoms with Crippen LogP contribution in [0.1, 0.15) is 22.3 Å². The Hall–Kier alpha value is -2.52. The number of rotatable bonds is 4. The van der Waals surface area contributed by atoms with E-state index in [1.807, 2.05) is 30.3 Å². The van der Waals surface area contributed by atoms with Gasteiger partial charge in [-0.05, 0) is 21.7 Å². The number of nitrogens with zero attached hydrogens (tertiary/aromatic N) is 1. The van der Waals surface area contributed by atoms with Gasteiger partial charge in [0, 0.05) is 25.2 Å². The second kappa shape index (κ2) is 6.41. The summed E-state index contributed by atoms with van der Waals surface area (Å²) >= 11 is 1.71. The second-order valence-corrected chi connectivity index (χ2v) is 7.47. The molecule has 0 N–H and O–H groups in total. The molecule has 3 aromatic carbocycles. The Kier molecular flexibility index (Phi) is 4.10. The zero-order valence-corrected chi connectivity index (χ0v) is 14.9. The summed E-state index contributed by atoms with van der Waals surface area (Å²) in [5, 5.41) is 4.49.